The summed E-state index contributed by atoms with van der Waals surface area (Å²) in [4.78, 5) is 25.2. The number of hydrogen-bond donors (Lipinski definition) is 2. The van der Waals surface area contributed by atoms with Gasteiger partial charge in [0.15, 0.2) is 0 Å². The van der Waals surface area contributed by atoms with Crippen LogP contribution >= 0.6 is 0 Å². The first kappa shape index (κ1) is 11.8. The smallest absolute Gasteiger partial charge is 0.320 e. The number of hydrogen-bond acceptors (Lipinski definition) is 3. The molecule has 1 aliphatic rings. The van der Waals surface area contributed by atoms with Crippen molar-refractivity contribution in [3.05, 3.63) is 0 Å². The Morgan fingerprint density at radius 2 is 2.07 bits per heavy atom. The van der Waals surface area contributed by atoms with E-state index in [4.69, 9.17) is 10.2 Å². The molecule has 0 bridgehead atoms. The number of carbonyl (C=O) groups excluding carboxylic acids is 1. The molecule has 2 amide bonds. The molecule has 0 radical (unpaired) electrons. The summed E-state index contributed by atoms with van der Waals surface area (Å²) in [5.41, 5.74) is 0. The number of aliphatic carboxylic acids is 1. The number of aliphatic hydroxyl groups is 1. The van der Waals surface area contributed by atoms with Crippen molar-refractivity contribution in [1.29, 1.82) is 0 Å². The van der Waals surface area contributed by atoms with Gasteiger partial charge in [-0.2, -0.15) is 0 Å². The van der Waals surface area contributed by atoms with Gasteiger partial charge in [0.1, 0.15) is 0 Å². The SMILES string of the molecule is CCN(CCO)C(=O)N1CC(C(=O)O)C1. The van der Waals surface area contributed by atoms with Gasteiger partial charge < -0.3 is 20.0 Å². The van der Waals surface area contributed by atoms with Crippen LogP contribution in [0.25, 0.3) is 0 Å². The van der Waals surface area contributed by atoms with Crippen molar-refractivity contribution in [1.82, 2.24) is 9.80 Å². The van der Waals surface area contributed by atoms with E-state index in [-0.39, 0.29) is 25.7 Å². The molecule has 0 aromatic heterocycles. The number of urea groups is 1. The summed E-state index contributed by atoms with van der Waals surface area (Å²) in [6, 6.07) is -0.191. The van der Waals surface area contributed by atoms with E-state index in [2.05, 4.69) is 0 Å². The molecular weight excluding hydrogens is 200 g/mol. The van der Waals surface area contributed by atoms with E-state index >= 15 is 0 Å². The van der Waals surface area contributed by atoms with Gasteiger partial charge in [0, 0.05) is 26.2 Å². The molecule has 1 heterocycles. The van der Waals surface area contributed by atoms with Crippen LogP contribution in [0.1, 0.15) is 6.92 Å². The van der Waals surface area contributed by atoms with Crippen LogP contribution < -0.4 is 0 Å². The molecule has 6 heteroatoms. The zero-order valence-electron chi connectivity index (χ0n) is 8.72. The molecule has 2 N–H and O–H groups in total. The van der Waals surface area contributed by atoms with Crippen LogP contribution in [0.3, 0.4) is 0 Å². The molecule has 1 saturated heterocycles. The molecule has 0 aromatic carbocycles. The van der Waals surface area contributed by atoms with Crippen molar-refractivity contribution < 1.29 is 19.8 Å². The first-order valence-corrected chi connectivity index (χ1v) is 4.97. The van der Waals surface area contributed by atoms with E-state index in [0.717, 1.165) is 0 Å². The fourth-order valence-electron chi connectivity index (χ4n) is 1.50. The van der Waals surface area contributed by atoms with Gasteiger partial charge in [0.05, 0.1) is 12.5 Å². The highest BCUT2D eigenvalue weighted by molar-refractivity contribution is 5.79. The molecule has 6 nitrogen and oxygen atoms in total. The molecule has 0 unspecified atom stereocenters. The molecule has 0 spiro atoms. The van der Waals surface area contributed by atoms with Gasteiger partial charge in [-0.1, -0.05) is 0 Å². The highest BCUT2D eigenvalue weighted by Gasteiger charge is 2.37. The fraction of sp³-hybridized carbons (Fsp3) is 0.778. The van der Waals surface area contributed by atoms with E-state index in [0.29, 0.717) is 13.1 Å². The van der Waals surface area contributed by atoms with E-state index < -0.39 is 11.9 Å². The Bertz CT molecular complexity index is 250. The van der Waals surface area contributed by atoms with E-state index in [1.54, 1.807) is 0 Å². The van der Waals surface area contributed by atoms with Gasteiger partial charge in [-0.25, -0.2) is 4.79 Å². The molecule has 1 aliphatic heterocycles. The third-order valence-electron chi connectivity index (χ3n) is 2.52. The number of aliphatic hydroxyl groups excluding tert-OH is 1. The van der Waals surface area contributed by atoms with Crippen molar-refractivity contribution in [2.45, 2.75) is 6.92 Å². The number of amides is 2. The zero-order chi connectivity index (χ0) is 11.4. The molecule has 1 rings (SSSR count). The van der Waals surface area contributed by atoms with Crippen LogP contribution in [0.5, 0.6) is 0 Å². The van der Waals surface area contributed by atoms with Gasteiger partial charge in [-0.05, 0) is 6.92 Å². The Balaban J connectivity index is 2.39. The minimum atomic E-state index is -0.857. The second kappa shape index (κ2) is 4.97. The number of likely N-dealkylation sites (tertiary alicyclic amines) is 1. The first-order valence-electron chi connectivity index (χ1n) is 4.97. The van der Waals surface area contributed by atoms with Crippen molar-refractivity contribution in [3.8, 4) is 0 Å². The summed E-state index contributed by atoms with van der Waals surface area (Å²) in [7, 11) is 0. The third-order valence-corrected chi connectivity index (χ3v) is 2.52. The van der Waals surface area contributed by atoms with Crippen molar-refractivity contribution >= 4 is 12.0 Å². The minimum Gasteiger partial charge on any atom is -0.481 e. The summed E-state index contributed by atoms with van der Waals surface area (Å²) in [5, 5.41) is 17.4. The predicted octanol–water partition coefficient (Wildman–Crippen LogP) is -0.563. The second-order valence-corrected chi connectivity index (χ2v) is 3.53. The maximum Gasteiger partial charge on any atom is 0.320 e. The normalized spacial score (nSPS) is 16.0. The summed E-state index contributed by atoms with van der Waals surface area (Å²) in [6.07, 6.45) is 0. The monoisotopic (exact) mass is 216 g/mol. The number of carbonyl (C=O) groups is 2. The van der Waals surface area contributed by atoms with Crippen LogP contribution in [0.4, 0.5) is 4.79 Å². The Hall–Kier alpha value is -1.30. The number of likely N-dealkylation sites (N-methyl/N-ethyl adjacent to an activating group) is 1. The maximum absolute atomic E-state index is 11.7. The van der Waals surface area contributed by atoms with Gasteiger partial charge in [-0.15, -0.1) is 0 Å². The van der Waals surface area contributed by atoms with Gasteiger partial charge >= 0.3 is 12.0 Å². The lowest BCUT2D eigenvalue weighted by molar-refractivity contribution is -0.146. The average molecular weight is 216 g/mol. The molecule has 86 valence electrons. The standard InChI is InChI=1S/C9H16N2O4/c1-2-10(3-4-12)9(15)11-5-7(6-11)8(13)14/h7,12H,2-6H2,1H3,(H,13,14). The number of rotatable bonds is 4. The largest absolute Gasteiger partial charge is 0.481 e. The van der Waals surface area contributed by atoms with Crippen molar-refractivity contribution in [3.63, 3.8) is 0 Å². The molecule has 1 fully saturated rings. The van der Waals surface area contributed by atoms with E-state index in [1.807, 2.05) is 6.92 Å². The predicted molar refractivity (Wildman–Crippen MR) is 52.4 cm³/mol. The van der Waals surface area contributed by atoms with Crippen molar-refractivity contribution in [2.75, 3.05) is 32.8 Å². The molecule has 0 atom stereocenters. The average Bonchev–Trinajstić information content (AvgIpc) is 2.10. The highest BCUT2D eigenvalue weighted by atomic mass is 16.4. The quantitative estimate of drug-likeness (QED) is 0.660. The lowest BCUT2D eigenvalue weighted by Crippen LogP contribution is -2.57. The Morgan fingerprint density at radius 1 is 1.47 bits per heavy atom. The van der Waals surface area contributed by atoms with Crippen LogP contribution in [0.2, 0.25) is 0 Å². The van der Waals surface area contributed by atoms with Crippen LogP contribution in [-0.4, -0.2) is 64.8 Å². The first-order chi connectivity index (χ1) is 7.10. The maximum atomic E-state index is 11.7. The number of nitrogens with zero attached hydrogens (tertiary/aromatic N) is 2. The molecule has 0 aliphatic carbocycles. The summed E-state index contributed by atoms with van der Waals surface area (Å²) >= 11 is 0. The Labute approximate surface area is 88.1 Å². The van der Waals surface area contributed by atoms with Crippen LogP contribution in [0.15, 0.2) is 0 Å². The zero-order valence-corrected chi connectivity index (χ0v) is 8.72. The third kappa shape index (κ3) is 2.59. The molecule has 0 aromatic rings. The van der Waals surface area contributed by atoms with Gasteiger partial charge in [-0.3, -0.25) is 4.79 Å². The van der Waals surface area contributed by atoms with Gasteiger partial charge in [0.25, 0.3) is 0 Å². The Morgan fingerprint density at radius 3 is 2.47 bits per heavy atom. The molecule has 15 heavy (non-hydrogen) atoms. The van der Waals surface area contributed by atoms with Crippen LogP contribution in [-0.2, 0) is 4.79 Å². The lowest BCUT2D eigenvalue weighted by Gasteiger charge is -2.39. The molecular formula is C9H16N2O4. The topological polar surface area (TPSA) is 81.1 Å². The summed E-state index contributed by atoms with van der Waals surface area (Å²) in [5.74, 6) is -1.29. The van der Waals surface area contributed by atoms with E-state index in [1.165, 1.54) is 9.80 Å². The second-order valence-electron chi connectivity index (χ2n) is 3.53. The van der Waals surface area contributed by atoms with Crippen molar-refractivity contribution in [2.24, 2.45) is 5.92 Å². The Kier molecular flexibility index (Phi) is 3.90. The fourth-order valence-corrected chi connectivity index (χ4v) is 1.50. The summed E-state index contributed by atoms with van der Waals surface area (Å²) < 4.78 is 0. The van der Waals surface area contributed by atoms with Gasteiger partial charge in [0.2, 0.25) is 0 Å². The van der Waals surface area contributed by atoms with Crippen LogP contribution in [0, 0.1) is 5.92 Å². The number of carboxylic acids is 1. The minimum absolute atomic E-state index is 0.0736. The van der Waals surface area contributed by atoms with E-state index in [9.17, 15) is 9.59 Å². The molecule has 0 saturated carbocycles. The number of carboxylic acid groups (broad SMARTS) is 1. The lowest BCUT2D eigenvalue weighted by atomic mass is 10.0. The highest BCUT2D eigenvalue weighted by Crippen LogP contribution is 2.17. The summed E-state index contributed by atoms with van der Waals surface area (Å²) in [6.45, 7) is 3.11.